The van der Waals surface area contributed by atoms with Crippen LogP contribution in [0.25, 0.3) is 0 Å². The average Bonchev–Trinajstić information content (AvgIpc) is 3.29. The van der Waals surface area contributed by atoms with Gasteiger partial charge in [0.05, 0.1) is 11.8 Å². The highest BCUT2D eigenvalue weighted by atomic mass is 16.6. The number of hydrogen-bond acceptors (Lipinski definition) is 8. The normalized spacial score (nSPS) is 23.9. The lowest BCUT2D eigenvalue weighted by molar-refractivity contribution is -0.164. The van der Waals surface area contributed by atoms with Gasteiger partial charge in [0.25, 0.3) is 0 Å². The molecule has 0 saturated heterocycles. The van der Waals surface area contributed by atoms with Crippen LogP contribution in [0.5, 0.6) is 0 Å². The molecule has 0 spiro atoms. The summed E-state index contributed by atoms with van der Waals surface area (Å²) in [6.07, 6.45) is 4.50. The molecule has 1 saturated carbocycles. The lowest BCUT2D eigenvalue weighted by Crippen LogP contribution is -2.36. The molecule has 0 aromatic carbocycles. The molecule has 4 unspecified atom stereocenters. The standard InChI is InChI=1S/C21H26O8/c1-12(2)18(22)26-7-9-28-20(24)16-14-5-6-15(11-14)17(16)21(25)29-10-8-27-19(23)13(3)4/h5-6,14-17H,1,3,7-11H2,2,4H3. The predicted octanol–water partition coefficient (Wildman–Crippen LogP) is 1.75. The van der Waals surface area contributed by atoms with Crippen LogP contribution < -0.4 is 0 Å². The van der Waals surface area contributed by atoms with Crippen molar-refractivity contribution in [1.29, 1.82) is 0 Å². The van der Waals surface area contributed by atoms with Crippen molar-refractivity contribution in [2.45, 2.75) is 20.3 Å². The maximum atomic E-state index is 12.5. The van der Waals surface area contributed by atoms with Crippen molar-refractivity contribution in [3.8, 4) is 0 Å². The van der Waals surface area contributed by atoms with E-state index in [-0.39, 0.29) is 49.4 Å². The van der Waals surface area contributed by atoms with Crippen molar-refractivity contribution < 1.29 is 38.1 Å². The minimum Gasteiger partial charge on any atom is -0.462 e. The van der Waals surface area contributed by atoms with Gasteiger partial charge in [-0.3, -0.25) is 9.59 Å². The highest BCUT2D eigenvalue weighted by Gasteiger charge is 2.53. The third kappa shape index (κ3) is 5.79. The first kappa shape index (κ1) is 22.4. The zero-order valence-corrected chi connectivity index (χ0v) is 16.7. The molecule has 0 aromatic heterocycles. The number of fused-ring (bicyclic) bond motifs is 2. The van der Waals surface area contributed by atoms with Crippen LogP contribution in [-0.2, 0) is 38.1 Å². The second-order valence-corrected chi connectivity index (χ2v) is 7.17. The Morgan fingerprint density at radius 3 is 1.41 bits per heavy atom. The summed E-state index contributed by atoms with van der Waals surface area (Å²) in [6, 6.07) is 0. The smallest absolute Gasteiger partial charge is 0.333 e. The Morgan fingerprint density at radius 1 is 0.724 bits per heavy atom. The van der Waals surface area contributed by atoms with E-state index in [1.54, 1.807) is 0 Å². The quantitative estimate of drug-likeness (QED) is 0.178. The van der Waals surface area contributed by atoms with E-state index in [0.717, 1.165) is 0 Å². The van der Waals surface area contributed by atoms with Crippen LogP contribution in [0, 0.1) is 23.7 Å². The summed E-state index contributed by atoms with van der Waals surface area (Å²) >= 11 is 0. The SMILES string of the molecule is C=C(C)C(=O)OCCOC(=O)C1C2C=CC(C2)C1C(=O)OCCOC(=O)C(=C)C. The Bertz CT molecular complexity index is 675. The minimum absolute atomic E-state index is 0.0860. The third-order valence-corrected chi connectivity index (χ3v) is 4.82. The van der Waals surface area contributed by atoms with Crippen LogP contribution in [0.1, 0.15) is 20.3 Å². The van der Waals surface area contributed by atoms with Crippen molar-refractivity contribution in [3.63, 3.8) is 0 Å². The lowest BCUT2D eigenvalue weighted by Gasteiger charge is -2.24. The molecule has 0 aliphatic heterocycles. The molecular weight excluding hydrogens is 380 g/mol. The van der Waals surface area contributed by atoms with Crippen molar-refractivity contribution >= 4 is 23.9 Å². The number of carbonyl (C=O) groups excluding carboxylic acids is 4. The van der Waals surface area contributed by atoms with Gasteiger partial charge in [0.1, 0.15) is 26.4 Å². The second-order valence-electron chi connectivity index (χ2n) is 7.17. The molecule has 29 heavy (non-hydrogen) atoms. The summed E-state index contributed by atoms with van der Waals surface area (Å²) in [5.41, 5.74) is 0.512. The van der Waals surface area contributed by atoms with Crippen molar-refractivity contribution in [2.24, 2.45) is 23.7 Å². The van der Waals surface area contributed by atoms with Crippen LogP contribution in [0.2, 0.25) is 0 Å². The Labute approximate surface area is 169 Å². The molecule has 1 fully saturated rings. The number of rotatable bonds is 10. The highest BCUT2D eigenvalue weighted by Crippen LogP contribution is 2.49. The Kier molecular flexibility index (Phi) is 7.75. The first-order chi connectivity index (χ1) is 13.7. The van der Waals surface area contributed by atoms with E-state index in [4.69, 9.17) is 18.9 Å². The van der Waals surface area contributed by atoms with Crippen molar-refractivity contribution in [2.75, 3.05) is 26.4 Å². The number of allylic oxidation sites excluding steroid dienone is 2. The van der Waals surface area contributed by atoms with E-state index in [1.807, 2.05) is 12.2 Å². The van der Waals surface area contributed by atoms with Gasteiger partial charge in [-0.15, -0.1) is 0 Å². The van der Waals surface area contributed by atoms with Crippen LogP contribution in [-0.4, -0.2) is 50.3 Å². The zero-order chi connectivity index (χ0) is 21.6. The fourth-order valence-corrected chi connectivity index (χ4v) is 3.46. The molecule has 2 bridgehead atoms. The highest BCUT2D eigenvalue weighted by molar-refractivity contribution is 5.87. The van der Waals surface area contributed by atoms with Gasteiger partial charge in [-0.2, -0.15) is 0 Å². The average molecular weight is 406 g/mol. The third-order valence-electron chi connectivity index (χ3n) is 4.82. The number of carbonyl (C=O) groups is 4. The van der Waals surface area contributed by atoms with Gasteiger partial charge in [-0.05, 0) is 32.1 Å². The molecule has 8 nitrogen and oxygen atoms in total. The Balaban J connectivity index is 1.83. The molecule has 0 amide bonds. The van der Waals surface area contributed by atoms with E-state index in [1.165, 1.54) is 13.8 Å². The van der Waals surface area contributed by atoms with Gasteiger partial charge in [-0.25, -0.2) is 9.59 Å². The van der Waals surface area contributed by atoms with Gasteiger partial charge in [-0.1, -0.05) is 25.3 Å². The summed E-state index contributed by atoms with van der Waals surface area (Å²) in [6.45, 7) is 9.59. The summed E-state index contributed by atoms with van der Waals surface area (Å²) < 4.78 is 20.2. The maximum absolute atomic E-state index is 12.5. The second kappa shape index (κ2) is 10.0. The van der Waals surface area contributed by atoms with Crippen LogP contribution in [0.3, 0.4) is 0 Å². The monoisotopic (exact) mass is 406 g/mol. The van der Waals surface area contributed by atoms with E-state index < -0.39 is 35.7 Å². The molecule has 0 N–H and O–H groups in total. The zero-order valence-electron chi connectivity index (χ0n) is 16.7. The fraction of sp³-hybridized carbons (Fsp3) is 0.524. The fourth-order valence-electron chi connectivity index (χ4n) is 3.46. The molecule has 2 aliphatic rings. The molecule has 2 aliphatic carbocycles. The van der Waals surface area contributed by atoms with Crippen LogP contribution >= 0.6 is 0 Å². The van der Waals surface area contributed by atoms with E-state index >= 15 is 0 Å². The van der Waals surface area contributed by atoms with Gasteiger partial charge >= 0.3 is 23.9 Å². The Hall–Kier alpha value is -2.90. The summed E-state index contributed by atoms with van der Waals surface area (Å²) in [4.78, 5) is 47.7. The van der Waals surface area contributed by atoms with Gasteiger partial charge in [0.2, 0.25) is 0 Å². The number of ether oxygens (including phenoxy) is 4. The first-order valence-corrected chi connectivity index (χ1v) is 9.39. The summed E-state index contributed by atoms with van der Waals surface area (Å²) in [5, 5.41) is 0. The molecule has 2 rings (SSSR count). The van der Waals surface area contributed by atoms with Gasteiger partial charge < -0.3 is 18.9 Å². The molecule has 0 heterocycles. The lowest BCUT2D eigenvalue weighted by atomic mass is 9.83. The molecule has 158 valence electrons. The molecule has 0 aromatic rings. The molecule has 8 heteroatoms. The largest absolute Gasteiger partial charge is 0.462 e. The van der Waals surface area contributed by atoms with Gasteiger partial charge in [0.15, 0.2) is 0 Å². The van der Waals surface area contributed by atoms with E-state index in [2.05, 4.69) is 13.2 Å². The maximum Gasteiger partial charge on any atom is 0.333 e. The summed E-state index contributed by atoms with van der Waals surface area (Å²) in [7, 11) is 0. The van der Waals surface area contributed by atoms with E-state index in [9.17, 15) is 19.2 Å². The first-order valence-electron chi connectivity index (χ1n) is 9.39. The molecule has 0 radical (unpaired) electrons. The minimum atomic E-state index is -0.646. The van der Waals surface area contributed by atoms with Gasteiger partial charge in [0, 0.05) is 11.1 Å². The van der Waals surface area contributed by atoms with Crippen molar-refractivity contribution in [3.05, 3.63) is 36.5 Å². The van der Waals surface area contributed by atoms with E-state index in [0.29, 0.717) is 6.42 Å². The molecular formula is C21H26O8. The molecule has 4 atom stereocenters. The topological polar surface area (TPSA) is 105 Å². The van der Waals surface area contributed by atoms with Crippen molar-refractivity contribution in [1.82, 2.24) is 0 Å². The van der Waals surface area contributed by atoms with Crippen LogP contribution in [0.4, 0.5) is 0 Å². The summed E-state index contributed by atoms with van der Waals surface area (Å²) in [5.74, 6) is -3.64. The number of hydrogen-bond donors (Lipinski definition) is 0. The van der Waals surface area contributed by atoms with Crippen LogP contribution in [0.15, 0.2) is 36.5 Å². The number of esters is 4. The Morgan fingerprint density at radius 2 is 1.07 bits per heavy atom. The predicted molar refractivity (Wildman–Crippen MR) is 101 cm³/mol.